The quantitative estimate of drug-likeness (QED) is 0.349. The molecule has 1 unspecified atom stereocenters. The highest BCUT2D eigenvalue weighted by atomic mass is 31.0. The van der Waals surface area contributed by atoms with Crippen LogP contribution in [0.1, 0.15) is 0 Å². The molecule has 1 fully saturated rings. The van der Waals surface area contributed by atoms with Crippen molar-refractivity contribution in [2.45, 2.75) is 0 Å². The van der Waals surface area contributed by atoms with Gasteiger partial charge >= 0.3 is 0 Å². The minimum absolute atomic E-state index is 1.13. The van der Waals surface area contributed by atoms with E-state index >= 15 is 0 Å². The average molecular weight is 163 g/mol. The molecule has 0 aliphatic carbocycles. The Bertz CT molecular complexity index is 297. The van der Waals surface area contributed by atoms with Gasteiger partial charge in [0.2, 0.25) is 0 Å². The van der Waals surface area contributed by atoms with E-state index in [9.17, 15) is 0 Å². The van der Waals surface area contributed by atoms with Gasteiger partial charge in [0.1, 0.15) is 0 Å². The monoisotopic (exact) mass is 163 g/mol. The first-order valence-corrected chi connectivity index (χ1v) is 4.26. The van der Waals surface area contributed by atoms with Crippen LogP contribution in [0.25, 0.3) is 0 Å². The minimum atomic E-state index is 1.13. The van der Waals surface area contributed by atoms with Crippen LogP contribution in [0.15, 0.2) is 47.6 Å². The van der Waals surface area contributed by atoms with E-state index in [4.69, 9.17) is 0 Å². The second kappa shape index (κ2) is 2.35. The Morgan fingerprint density at radius 1 is 1.55 bits per heavy atom. The molecule has 0 aromatic heterocycles. The van der Waals surface area contributed by atoms with E-state index in [1.54, 1.807) is 0 Å². The Labute approximate surface area is 69.0 Å². The normalized spacial score (nSPS) is 19.9. The maximum absolute atomic E-state index is 3.94. The first-order chi connectivity index (χ1) is 5.34. The Morgan fingerprint density at radius 3 is 2.73 bits per heavy atom. The third-order valence-electron chi connectivity index (χ3n) is 1.85. The molecule has 0 bridgehead atoms. The van der Waals surface area contributed by atoms with Crippen molar-refractivity contribution in [3.63, 3.8) is 0 Å². The van der Waals surface area contributed by atoms with E-state index in [0.717, 1.165) is 5.57 Å². The van der Waals surface area contributed by atoms with Gasteiger partial charge in [-0.05, 0) is 5.57 Å². The van der Waals surface area contributed by atoms with Crippen molar-refractivity contribution in [2.75, 3.05) is 6.54 Å². The summed E-state index contributed by atoms with van der Waals surface area (Å²) in [6.45, 7) is 5.12. The van der Waals surface area contributed by atoms with Crippen molar-refractivity contribution in [1.82, 2.24) is 4.90 Å². The fourth-order valence-corrected chi connectivity index (χ4v) is 1.22. The van der Waals surface area contributed by atoms with Gasteiger partial charge in [-0.3, -0.25) is 0 Å². The van der Waals surface area contributed by atoms with Crippen LogP contribution in [-0.4, -0.2) is 11.4 Å². The average Bonchev–Trinajstić information content (AvgIpc) is 2.73. The molecule has 0 aromatic carbocycles. The summed E-state index contributed by atoms with van der Waals surface area (Å²) < 4.78 is 0. The van der Waals surface area contributed by atoms with Crippen LogP contribution in [0.3, 0.4) is 0 Å². The third-order valence-corrected chi connectivity index (χ3v) is 2.07. The maximum atomic E-state index is 3.94. The number of allylic oxidation sites excluding steroid dienone is 3. The summed E-state index contributed by atoms with van der Waals surface area (Å²) in [4.78, 5) is 2.26. The molecule has 11 heavy (non-hydrogen) atoms. The van der Waals surface area contributed by atoms with E-state index in [0.29, 0.717) is 0 Å². The molecule has 2 heteroatoms. The first-order valence-electron chi connectivity index (χ1n) is 3.59. The molecule has 2 aliphatic heterocycles. The van der Waals surface area contributed by atoms with Gasteiger partial charge in [-0.1, -0.05) is 30.6 Å². The molecular weight excluding hydrogens is 153 g/mol. The second-order valence-electron chi connectivity index (χ2n) is 2.65. The smallest absolute Gasteiger partial charge is 0.0698 e. The number of hydrogen-bond acceptors (Lipinski definition) is 1. The van der Waals surface area contributed by atoms with Gasteiger partial charge < -0.3 is 4.90 Å². The summed E-state index contributed by atoms with van der Waals surface area (Å²) in [5.41, 5.74) is 3.97. The zero-order chi connectivity index (χ0) is 7.84. The lowest BCUT2D eigenvalue weighted by atomic mass is 10.2. The Morgan fingerprint density at radius 2 is 2.27 bits per heavy atom. The van der Waals surface area contributed by atoms with E-state index in [1.807, 2.05) is 24.0 Å². The fraction of sp³-hybridized carbons (Fsp3) is 0.111. The van der Waals surface area contributed by atoms with Crippen LogP contribution in [0.4, 0.5) is 0 Å². The molecule has 0 spiro atoms. The van der Waals surface area contributed by atoms with Gasteiger partial charge in [0, 0.05) is 0 Å². The standard InChI is InChI=1S/C9H10NP/c1-7(4-2-3-5-11)9-8-6-10(8)9/h2-5H,1,6,11H2/b4-2-,5-3-. The van der Waals surface area contributed by atoms with Gasteiger partial charge in [0.15, 0.2) is 0 Å². The topological polar surface area (TPSA) is 3.01 Å². The Balaban J connectivity index is 1.92. The summed E-state index contributed by atoms with van der Waals surface area (Å²) in [6.07, 6.45) is 6.02. The Kier molecular flexibility index (Phi) is 1.47. The predicted molar refractivity (Wildman–Crippen MR) is 50.9 cm³/mol. The van der Waals surface area contributed by atoms with Gasteiger partial charge in [0.25, 0.3) is 0 Å². The van der Waals surface area contributed by atoms with Gasteiger partial charge in [-0.2, -0.15) is 0 Å². The van der Waals surface area contributed by atoms with Crippen molar-refractivity contribution < 1.29 is 0 Å². The van der Waals surface area contributed by atoms with E-state index in [2.05, 4.69) is 20.7 Å². The van der Waals surface area contributed by atoms with E-state index in [-0.39, 0.29) is 0 Å². The molecule has 2 rings (SSSR count). The maximum Gasteiger partial charge on any atom is 0.0698 e. The minimum Gasteiger partial charge on any atom is -0.334 e. The number of rotatable bonds is 3. The van der Waals surface area contributed by atoms with Crippen LogP contribution in [0.2, 0.25) is 0 Å². The molecule has 1 saturated heterocycles. The second-order valence-corrected chi connectivity index (χ2v) is 3.04. The van der Waals surface area contributed by atoms with Crippen molar-refractivity contribution in [3.8, 4) is 0 Å². The first kappa shape index (κ1) is 6.87. The van der Waals surface area contributed by atoms with Crippen molar-refractivity contribution in [2.24, 2.45) is 0 Å². The van der Waals surface area contributed by atoms with Crippen molar-refractivity contribution in [1.29, 1.82) is 0 Å². The highest BCUT2D eigenvalue weighted by Crippen LogP contribution is 2.50. The predicted octanol–water partition coefficient (Wildman–Crippen LogP) is 2.03. The molecule has 1 atom stereocenters. The molecule has 0 amide bonds. The zero-order valence-electron chi connectivity index (χ0n) is 6.25. The van der Waals surface area contributed by atoms with Gasteiger partial charge in [-0.25, -0.2) is 0 Å². The number of hydrogen-bond donors (Lipinski definition) is 0. The highest BCUT2D eigenvalue weighted by Gasteiger charge is 2.48. The van der Waals surface area contributed by atoms with E-state index < -0.39 is 0 Å². The third kappa shape index (κ3) is 1.17. The lowest BCUT2D eigenvalue weighted by Gasteiger charge is -1.93. The number of fused-ring (bicyclic) bond motifs is 1. The van der Waals surface area contributed by atoms with Crippen molar-refractivity contribution >= 4 is 9.24 Å². The number of nitrogens with zero attached hydrogens (tertiary/aromatic N) is 1. The molecular formula is C9H10NP. The highest BCUT2D eigenvalue weighted by molar-refractivity contribution is 7.20. The van der Waals surface area contributed by atoms with E-state index in [1.165, 1.54) is 17.9 Å². The lowest BCUT2D eigenvalue weighted by molar-refractivity contribution is 0.846. The Hall–Kier alpha value is -0.810. The van der Waals surface area contributed by atoms with Gasteiger partial charge in [-0.15, -0.1) is 9.24 Å². The fourth-order valence-electron chi connectivity index (χ4n) is 1.09. The molecule has 2 aliphatic rings. The lowest BCUT2D eigenvalue weighted by Crippen LogP contribution is -1.85. The molecule has 56 valence electrons. The molecule has 0 aromatic rings. The van der Waals surface area contributed by atoms with Crippen molar-refractivity contribution in [3.05, 3.63) is 47.6 Å². The van der Waals surface area contributed by atoms with Crippen LogP contribution in [0, 0.1) is 0 Å². The molecule has 0 N–H and O–H groups in total. The largest absolute Gasteiger partial charge is 0.334 e. The van der Waals surface area contributed by atoms with Crippen LogP contribution < -0.4 is 0 Å². The van der Waals surface area contributed by atoms with Crippen LogP contribution >= 0.6 is 9.24 Å². The van der Waals surface area contributed by atoms with Crippen LogP contribution in [0.5, 0.6) is 0 Å². The zero-order valence-corrected chi connectivity index (χ0v) is 7.40. The SMILES string of the molecule is C=C(/C=C\C=C/P)C1=C2CN21. The van der Waals surface area contributed by atoms with Crippen LogP contribution in [-0.2, 0) is 0 Å². The molecule has 2 heterocycles. The summed E-state index contributed by atoms with van der Waals surface area (Å²) in [5, 5.41) is 0. The summed E-state index contributed by atoms with van der Waals surface area (Å²) in [6, 6.07) is 0. The summed E-state index contributed by atoms with van der Waals surface area (Å²) in [5.74, 6) is 1.93. The summed E-state index contributed by atoms with van der Waals surface area (Å²) >= 11 is 0. The molecule has 1 nitrogen and oxygen atoms in total. The molecule has 0 radical (unpaired) electrons. The molecule has 0 saturated carbocycles. The van der Waals surface area contributed by atoms with Gasteiger partial charge in [0.05, 0.1) is 17.9 Å². The summed E-state index contributed by atoms with van der Waals surface area (Å²) in [7, 11) is 2.53.